The normalized spacial score (nSPS) is 19.1. The number of piperazine rings is 1. The van der Waals surface area contributed by atoms with Crippen molar-refractivity contribution in [1.29, 1.82) is 0 Å². The number of halogens is 1. The van der Waals surface area contributed by atoms with Crippen molar-refractivity contribution in [2.24, 2.45) is 0 Å². The topological polar surface area (TPSA) is 67.9 Å². The Bertz CT molecular complexity index is 583. The highest BCUT2D eigenvalue weighted by Gasteiger charge is 2.34. The number of nitrogens with one attached hydrogen (secondary N) is 1. The van der Waals surface area contributed by atoms with E-state index in [0.717, 1.165) is 5.56 Å². The summed E-state index contributed by atoms with van der Waals surface area (Å²) in [5.41, 5.74) is 0.886. The van der Waals surface area contributed by atoms with E-state index in [4.69, 9.17) is 9.47 Å². The third kappa shape index (κ3) is 5.06. The Morgan fingerprint density at radius 1 is 1.35 bits per heavy atom. The molecular weight excluding hydrogens is 340 g/mol. The highest BCUT2D eigenvalue weighted by atomic mass is 35.5. The van der Waals surface area contributed by atoms with E-state index in [2.05, 4.69) is 5.32 Å². The number of hydrogen-bond acceptors (Lipinski definition) is 5. The van der Waals surface area contributed by atoms with Crippen LogP contribution in [0.3, 0.4) is 0 Å². The molecule has 1 aromatic rings. The minimum Gasteiger partial charge on any atom is -0.496 e. The highest BCUT2D eigenvalue weighted by Crippen LogP contribution is 2.31. The van der Waals surface area contributed by atoms with Gasteiger partial charge in [0.2, 0.25) is 10.0 Å². The molecule has 132 valence electrons. The lowest BCUT2D eigenvalue weighted by Gasteiger charge is -2.36. The standard InChI is InChI=1S/C15H24N2O4S.ClH/c1-3-21-10-11-22(18,19)17-9-8-16-12-14(17)13-6-4-5-7-15(13)20-2;/h4-7,14,16H,3,8-12H2,1-2H3;1H. The van der Waals surface area contributed by atoms with Crippen molar-refractivity contribution in [3.8, 4) is 5.75 Å². The van der Waals surface area contributed by atoms with Crippen molar-refractivity contribution in [3.05, 3.63) is 29.8 Å². The number of ether oxygens (including phenoxy) is 2. The largest absolute Gasteiger partial charge is 0.496 e. The van der Waals surface area contributed by atoms with E-state index in [9.17, 15) is 8.42 Å². The van der Waals surface area contributed by atoms with Gasteiger partial charge in [0.1, 0.15) is 5.75 Å². The van der Waals surface area contributed by atoms with Crippen molar-refractivity contribution in [1.82, 2.24) is 9.62 Å². The average molecular weight is 365 g/mol. The van der Waals surface area contributed by atoms with E-state index in [1.54, 1.807) is 11.4 Å². The van der Waals surface area contributed by atoms with Crippen molar-refractivity contribution < 1.29 is 17.9 Å². The summed E-state index contributed by atoms with van der Waals surface area (Å²) < 4.78 is 37.4. The van der Waals surface area contributed by atoms with Gasteiger partial charge < -0.3 is 14.8 Å². The van der Waals surface area contributed by atoms with Crippen LogP contribution in [0, 0.1) is 0 Å². The minimum absolute atomic E-state index is 0. The van der Waals surface area contributed by atoms with Crippen LogP contribution in [0.2, 0.25) is 0 Å². The van der Waals surface area contributed by atoms with Crippen molar-refractivity contribution in [2.75, 3.05) is 45.7 Å². The van der Waals surface area contributed by atoms with Crippen molar-refractivity contribution in [2.45, 2.75) is 13.0 Å². The van der Waals surface area contributed by atoms with Gasteiger partial charge in [0, 0.05) is 31.8 Å². The first kappa shape index (κ1) is 20.2. The molecule has 1 aliphatic rings. The number of benzene rings is 1. The first-order valence-electron chi connectivity index (χ1n) is 7.51. The van der Waals surface area contributed by atoms with Crippen LogP contribution in [-0.2, 0) is 14.8 Å². The van der Waals surface area contributed by atoms with E-state index in [-0.39, 0.29) is 30.8 Å². The summed E-state index contributed by atoms with van der Waals surface area (Å²) in [5, 5.41) is 3.26. The summed E-state index contributed by atoms with van der Waals surface area (Å²) in [5.74, 6) is 0.716. The maximum absolute atomic E-state index is 12.6. The lowest BCUT2D eigenvalue weighted by Crippen LogP contribution is -2.49. The molecule has 0 saturated carbocycles. The van der Waals surface area contributed by atoms with E-state index in [1.165, 1.54) is 0 Å². The third-order valence-corrected chi connectivity index (χ3v) is 5.57. The molecule has 2 rings (SSSR count). The predicted octanol–water partition coefficient (Wildman–Crippen LogP) is 1.43. The summed E-state index contributed by atoms with van der Waals surface area (Å²) in [6.07, 6.45) is 0. The van der Waals surface area contributed by atoms with E-state index >= 15 is 0 Å². The summed E-state index contributed by atoms with van der Waals surface area (Å²) in [6, 6.07) is 7.30. The Hall–Kier alpha value is -0.860. The highest BCUT2D eigenvalue weighted by molar-refractivity contribution is 7.89. The molecule has 0 bridgehead atoms. The van der Waals surface area contributed by atoms with Crippen LogP contribution in [0.25, 0.3) is 0 Å². The summed E-state index contributed by atoms with van der Waals surface area (Å²) in [7, 11) is -1.76. The Kier molecular flexibility index (Phi) is 8.28. The van der Waals surface area contributed by atoms with Gasteiger partial charge in [0.15, 0.2) is 0 Å². The van der Waals surface area contributed by atoms with Crippen LogP contribution >= 0.6 is 12.4 Å². The van der Waals surface area contributed by atoms with Crippen LogP contribution in [0.15, 0.2) is 24.3 Å². The number of rotatable bonds is 7. The van der Waals surface area contributed by atoms with Crippen LogP contribution < -0.4 is 10.1 Å². The molecule has 8 heteroatoms. The molecule has 23 heavy (non-hydrogen) atoms. The molecule has 0 aromatic heterocycles. The molecule has 1 heterocycles. The van der Waals surface area contributed by atoms with Gasteiger partial charge in [0.25, 0.3) is 0 Å². The van der Waals surface area contributed by atoms with E-state index in [0.29, 0.717) is 32.0 Å². The number of para-hydroxylation sites is 1. The fourth-order valence-corrected chi connectivity index (χ4v) is 4.16. The molecule has 1 saturated heterocycles. The average Bonchev–Trinajstić information content (AvgIpc) is 2.55. The van der Waals surface area contributed by atoms with Gasteiger partial charge in [-0.1, -0.05) is 18.2 Å². The lowest BCUT2D eigenvalue weighted by atomic mass is 10.0. The third-order valence-electron chi connectivity index (χ3n) is 3.74. The maximum atomic E-state index is 12.6. The first-order valence-corrected chi connectivity index (χ1v) is 9.12. The SMILES string of the molecule is CCOCCS(=O)(=O)N1CCNCC1c1ccccc1OC.Cl. The second-order valence-electron chi connectivity index (χ2n) is 5.09. The monoisotopic (exact) mass is 364 g/mol. The second-order valence-corrected chi connectivity index (χ2v) is 7.13. The predicted molar refractivity (Wildman–Crippen MR) is 92.8 cm³/mol. The molecule has 1 fully saturated rings. The summed E-state index contributed by atoms with van der Waals surface area (Å²) in [4.78, 5) is 0. The zero-order valence-corrected chi connectivity index (χ0v) is 15.2. The minimum atomic E-state index is -3.37. The molecule has 1 unspecified atom stereocenters. The molecular formula is C15H25ClN2O4S. The molecule has 0 aliphatic carbocycles. The van der Waals surface area contributed by atoms with Gasteiger partial charge >= 0.3 is 0 Å². The number of nitrogens with zero attached hydrogens (tertiary/aromatic N) is 1. The number of sulfonamides is 1. The Morgan fingerprint density at radius 3 is 2.78 bits per heavy atom. The Balaban J connectivity index is 0.00000264. The van der Waals surface area contributed by atoms with Gasteiger partial charge in [-0.15, -0.1) is 12.4 Å². The molecule has 0 radical (unpaired) electrons. The van der Waals surface area contributed by atoms with E-state index < -0.39 is 10.0 Å². The molecule has 1 aliphatic heterocycles. The molecule has 1 N–H and O–H groups in total. The van der Waals surface area contributed by atoms with Crippen LogP contribution in [-0.4, -0.2) is 58.4 Å². The van der Waals surface area contributed by atoms with Crippen molar-refractivity contribution >= 4 is 22.4 Å². The van der Waals surface area contributed by atoms with Gasteiger partial charge in [-0.3, -0.25) is 0 Å². The van der Waals surface area contributed by atoms with Crippen molar-refractivity contribution in [3.63, 3.8) is 0 Å². The van der Waals surface area contributed by atoms with Gasteiger partial charge in [-0.2, -0.15) is 4.31 Å². The second kappa shape index (κ2) is 9.44. The summed E-state index contributed by atoms with van der Waals surface area (Å²) in [6.45, 7) is 4.29. The van der Waals surface area contributed by atoms with Crippen LogP contribution in [0.5, 0.6) is 5.75 Å². The number of hydrogen-bond donors (Lipinski definition) is 1. The molecule has 1 atom stereocenters. The summed E-state index contributed by atoms with van der Waals surface area (Å²) >= 11 is 0. The molecule has 1 aromatic carbocycles. The maximum Gasteiger partial charge on any atom is 0.217 e. The van der Waals surface area contributed by atoms with E-state index in [1.807, 2.05) is 31.2 Å². The molecule has 0 spiro atoms. The Labute approximate surface area is 144 Å². The zero-order valence-electron chi connectivity index (χ0n) is 13.5. The lowest BCUT2D eigenvalue weighted by molar-refractivity contribution is 0.161. The van der Waals surface area contributed by atoms with Gasteiger partial charge in [0.05, 0.1) is 25.5 Å². The van der Waals surface area contributed by atoms with Gasteiger partial charge in [-0.25, -0.2) is 8.42 Å². The smallest absolute Gasteiger partial charge is 0.217 e. The quantitative estimate of drug-likeness (QED) is 0.741. The first-order chi connectivity index (χ1) is 10.6. The molecule has 6 nitrogen and oxygen atoms in total. The fourth-order valence-electron chi connectivity index (χ4n) is 2.65. The van der Waals surface area contributed by atoms with Crippen LogP contribution in [0.1, 0.15) is 18.5 Å². The number of methoxy groups -OCH3 is 1. The Morgan fingerprint density at radius 2 is 2.09 bits per heavy atom. The molecule has 0 amide bonds. The fraction of sp³-hybridized carbons (Fsp3) is 0.600. The zero-order chi connectivity index (χ0) is 16.0. The van der Waals surface area contributed by atoms with Gasteiger partial charge in [-0.05, 0) is 13.0 Å². The van der Waals surface area contributed by atoms with Crippen LogP contribution in [0.4, 0.5) is 0 Å².